The first-order valence-corrected chi connectivity index (χ1v) is 7.42. The third kappa shape index (κ3) is 5.22. The molecule has 0 saturated heterocycles. The molecular weight excluding hydrogens is 320 g/mol. The second-order valence-corrected chi connectivity index (χ2v) is 5.88. The van der Waals surface area contributed by atoms with Crippen molar-refractivity contribution < 1.29 is 9.90 Å². The normalized spacial score (nSPS) is 13.3. The summed E-state index contributed by atoms with van der Waals surface area (Å²) in [6.07, 6.45) is 2.48. The highest BCUT2D eigenvalue weighted by Gasteiger charge is 2.11. The lowest BCUT2D eigenvalue weighted by molar-refractivity contribution is -0.141. The van der Waals surface area contributed by atoms with E-state index in [-0.39, 0.29) is 12.0 Å². The van der Waals surface area contributed by atoms with Gasteiger partial charge in [0, 0.05) is 16.2 Å². The SMILES string of the molecule is CC(CCCC(C)C(=O)O)Nc1ccc(C#N)c(Br)c1. The summed E-state index contributed by atoms with van der Waals surface area (Å²) in [7, 11) is 0. The second kappa shape index (κ2) is 7.91. The smallest absolute Gasteiger partial charge is 0.306 e. The standard InChI is InChI=1S/C15H19BrN2O2/c1-10(15(19)20)4-3-5-11(2)18-13-7-6-12(9-17)14(16)8-13/h6-8,10-11,18H,3-5H2,1-2H3,(H,19,20). The summed E-state index contributed by atoms with van der Waals surface area (Å²) in [5.74, 6) is -1.02. The number of aliphatic carboxylic acids is 1. The molecule has 0 aromatic heterocycles. The fourth-order valence-electron chi connectivity index (χ4n) is 1.91. The van der Waals surface area contributed by atoms with Crippen molar-refractivity contribution >= 4 is 27.6 Å². The maximum atomic E-state index is 10.7. The van der Waals surface area contributed by atoms with Gasteiger partial charge in [0.15, 0.2) is 0 Å². The van der Waals surface area contributed by atoms with Crippen LogP contribution in [-0.4, -0.2) is 17.1 Å². The number of carboxylic acid groups (broad SMARTS) is 1. The quantitative estimate of drug-likeness (QED) is 0.787. The number of rotatable bonds is 7. The maximum Gasteiger partial charge on any atom is 0.306 e. The molecule has 1 aromatic rings. The van der Waals surface area contributed by atoms with Gasteiger partial charge >= 0.3 is 5.97 Å². The fourth-order valence-corrected chi connectivity index (χ4v) is 2.37. The number of carbonyl (C=O) groups is 1. The van der Waals surface area contributed by atoms with Crippen molar-refractivity contribution in [3.63, 3.8) is 0 Å². The van der Waals surface area contributed by atoms with E-state index in [1.54, 1.807) is 13.0 Å². The summed E-state index contributed by atoms with van der Waals surface area (Å²) in [6.45, 7) is 3.80. The van der Waals surface area contributed by atoms with Crippen LogP contribution in [0.25, 0.3) is 0 Å². The van der Waals surface area contributed by atoms with Crippen LogP contribution in [0.5, 0.6) is 0 Å². The number of carboxylic acids is 1. The zero-order valence-electron chi connectivity index (χ0n) is 11.7. The molecule has 0 radical (unpaired) electrons. The van der Waals surface area contributed by atoms with E-state index in [1.165, 1.54) is 0 Å². The molecule has 2 N–H and O–H groups in total. The Labute approximate surface area is 127 Å². The Morgan fingerprint density at radius 2 is 2.15 bits per heavy atom. The third-order valence-corrected chi connectivity index (χ3v) is 3.85. The molecule has 4 nitrogen and oxygen atoms in total. The van der Waals surface area contributed by atoms with Crippen molar-refractivity contribution in [3.05, 3.63) is 28.2 Å². The van der Waals surface area contributed by atoms with E-state index >= 15 is 0 Å². The second-order valence-electron chi connectivity index (χ2n) is 5.02. The van der Waals surface area contributed by atoms with Crippen molar-refractivity contribution in [2.75, 3.05) is 5.32 Å². The van der Waals surface area contributed by atoms with Crippen LogP contribution in [0.3, 0.4) is 0 Å². The predicted octanol–water partition coefficient (Wildman–Crippen LogP) is 4.01. The van der Waals surface area contributed by atoms with Crippen molar-refractivity contribution in [1.29, 1.82) is 5.26 Å². The molecular formula is C15H19BrN2O2. The van der Waals surface area contributed by atoms with Crippen LogP contribution in [0.4, 0.5) is 5.69 Å². The average Bonchev–Trinajstić information content (AvgIpc) is 2.38. The van der Waals surface area contributed by atoms with E-state index in [9.17, 15) is 4.79 Å². The first kappa shape index (κ1) is 16.5. The van der Waals surface area contributed by atoms with Crippen LogP contribution in [-0.2, 0) is 4.79 Å². The van der Waals surface area contributed by atoms with Crippen LogP contribution in [0.1, 0.15) is 38.7 Å². The Kier molecular flexibility index (Phi) is 6.53. The lowest BCUT2D eigenvalue weighted by atomic mass is 10.0. The monoisotopic (exact) mass is 338 g/mol. The van der Waals surface area contributed by atoms with Crippen LogP contribution in [0, 0.1) is 17.2 Å². The zero-order valence-corrected chi connectivity index (χ0v) is 13.3. The van der Waals surface area contributed by atoms with E-state index in [0.717, 1.165) is 23.0 Å². The minimum Gasteiger partial charge on any atom is -0.481 e. The van der Waals surface area contributed by atoms with Gasteiger partial charge in [-0.1, -0.05) is 13.3 Å². The van der Waals surface area contributed by atoms with Gasteiger partial charge in [-0.2, -0.15) is 5.26 Å². The van der Waals surface area contributed by atoms with Crippen LogP contribution < -0.4 is 5.32 Å². The molecule has 2 unspecified atom stereocenters. The van der Waals surface area contributed by atoms with E-state index in [1.807, 2.05) is 12.1 Å². The summed E-state index contributed by atoms with van der Waals surface area (Å²) in [5.41, 5.74) is 1.56. The maximum absolute atomic E-state index is 10.7. The molecule has 1 rings (SSSR count). The van der Waals surface area contributed by atoms with E-state index in [2.05, 4.69) is 34.2 Å². The Balaban J connectivity index is 2.43. The molecule has 0 spiro atoms. The van der Waals surface area contributed by atoms with Crippen molar-refractivity contribution in [2.24, 2.45) is 5.92 Å². The van der Waals surface area contributed by atoms with Crippen molar-refractivity contribution in [3.8, 4) is 6.07 Å². The molecule has 0 amide bonds. The van der Waals surface area contributed by atoms with Crippen molar-refractivity contribution in [1.82, 2.24) is 0 Å². The molecule has 0 heterocycles. The summed E-state index contributed by atoms with van der Waals surface area (Å²) in [4.78, 5) is 10.7. The summed E-state index contributed by atoms with van der Waals surface area (Å²) in [5, 5.41) is 21.0. The average molecular weight is 339 g/mol. The van der Waals surface area contributed by atoms with Gasteiger partial charge < -0.3 is 10.4 Å². The summed E-state index contributed by atoms with van der Waals surface area (Å²) < 4.78 is 0.775. The molecule has 0 aliphatic rings. The number of nitrogens with zero attached hydrogens (tertiary/aromatic N) is 1. The molecule has 5 heteroatoms. The van der Waals surface area contributed by atoms with Gasteiger partial charge in [0.25, 0.3) is 0 Å². The summed E-state index contributed by atoms with van der Waals surface area (Å²) in [6, 6.07) is 7.89. The molecule has 108 valence electrons. The zero-order chi connectivity index (χ0) is 15.1. The van der Waals surface area contributed by atoms with Crippen LogP contribution in [0.2, 0.25) is 0 Å². The minimum absolute atomic E-state index is 0.260. The van der Waals surface area contributed by atoms with E-state index < -0.39 is 5.97 Å². The molecule has 1 aromatic carbocycles. The van der Waals surface area contributed by atoms with Gasteiger partial charge in [-0.3, -0.25) is 4.79 Å². The van der Waals surface area contributed by atoms with Gasteiger partial charge in [0.2, 0.25) is 0 Å². The first-order chi connectivity index (χ1) is 9.43. The highest BCUT2D eigenvalue weighted by Crippen LogP contribution is 2.22. The highest BCUT2D eigenvalue weighted by atomic mass is 79.9. The Morgan fingerprint density at radius 1 is 1.45 bits per heavy atom. The highest BCUT2D eigenvalue weighted by molar-refractivity contribution is 9.10. The largest absolute Gasteiger partial charge is 0.481 e. The molecule has 2 atom stereocenters. The predicted molar refractivity (Wildman–Crippen MR) is 82.6 cm³/mol. The van der Waals surface area contributed by atoms with Gasteiger partial charge in [-0.15, -0.1) is 0 Å². The Bertz CT molecular complexity index is 511. The molecule has 0 aliphatic carbocycles. The van der Waals surface area contributed by atoms with Crippen LogP contribution in [0.15, 0.2) is 22.7 Å². The molecule has 0 saturated carbocycles. The van der Waals surface area contributed by atoms with E-state index in [0.29, 0.717) is 12.0 Å². The van der Waals surface area contributed by atoms with Gasteiger partial charge in [-0.05, 0) is 53.9 Å². The number of hydrogen-bond acceptors (Lipinski definition) is 3. The number of nitrogens with one attached hydrogen (secondary N) is 1. The lowest BCUT2D eigenvalue weighted by Gasteiger charge is -2.16. The molecule has 0 aliphatic heterocycles. The number of benzene rings is 1. The number of nitriles is 1. The number of anilines is 1. The molecule has 0 bridgehead atoms. The van der Waals surface area contributed by atoms with E-state index in [4.69, 9.17) is 10.4 Å². The summed E-state index contributed by atoms with van der Waals surface area (Å²) >= 11 is 3.36. The van der Waals surface area contributed by atoms with Gasteiger partial charge in [0.05, 0.1) is 11.5 Å². The van der Waals surface area contributed by atoms with Gasteiger partial charge in [0.1, 0.15) is 6.07 Å². The third-order valence-electron chi connectivity index (χ3n) is 3.20. The lowest BCUT2D eigenvalue weighted by Crippen LogP contribution is -2.16. The van der Waals surface area contributed by atoms with Gasteiger partial charge in [-0.25, -0.2) is 0 Å². The minimum atomic E-state index is -0.735. The number of hydrogen-bond donors (Lipinski definition) is 2. The van der Waals surface area contributed by atoms with Crippen LogP contribution >= 0.6 is 15.9 Å². The Hall–Kier alpha value is -1.54. The number of halogens is 1. The molecule has 0 fully saturated rings. The fraction of sp³-hybridized carbons (Fsp3) is 0.467. The molecule has 20 heavy (non-hydrogen) atoms. The topological polar surface area (TPSA) is 73.1 Å². The first-order valence-electron chi connectivity index (χ1n) is 6.63. The van der Waals surface area contributed by atoms with Crippen molar-refractivity contribution in [2.45, 2.75) is 39.2 Å². The Morgan fingerprint density at radius 3 is 2.70 bits per heavy atom.